The maximum atomic E-state index is 11.4. The lowest BCUT2D eigenvalue weighted by atomic mass is 10.3. The van der Waals surface area contributed by atoms with Crippen molar-refractivity contribution in [1.82, 2.24) is 9.78 Å². The molecular weight excluding hydrogens is 250 g/mol. The maximum absolute atomic E-state index is 11.4. The third-order valence-corrected chi connectivity index (χ3v) is 2.28. The summed E-state index contributed by atoms with van der Waals surface area (Å²) in [5.41, 5.74) is 6.02. The fraction of sp³-hybridized carbons (Fsp3) is 0.500. The molecule has 78 valence electrons. The van der Waals surface area contributed by atoms with Gasteiger partial charge in [-0.2, -0.15) is 5.10 Å². The molecule has 0 amide bonds. The summed E-state index contributed by atoms with van der Waals surface area (Å²) in [5, 5.41) is 4.04. The van der Waals surface area contributed by atoms with E-state index < -0.39 is 5.97 Å². The first-order valence-electron chi connectivity index (χ1n) is 4.30. The Morgan fingerprint density at radius 1 is 1.64 bits per heavy atom. The van der Waals surface area contributed by atoms with Crippen LogP contribution < -0.4 is 5.73 Å². The lowest BCUT2D eigenvalue weighted by molar-refractivity contribution is 0.0526. The maximum Gasteiger partial charge on any atom is 0.344 e. The standard InChI is InChI=1S/C8H12BrN3O2/c1-3-12-7(10)5(6(9)11-12)8(13)14-4-2/h3-4,10H2,1-2H3. The SMILES string of the molecule is CCOC(=O)c1c(Br)nn(CC)c1N. The Morgan fingerprint density at radius 2 is 2.29 bits per heavy atom. The molecule has 5 nitrogen and oxygen atoms in total. The Hall–Kier alpha value is -1.04. The number of anilines is 1. The second-order valence-corrected chi connectivity index (χ2v) is 3.34. The van der Waals surface area contributed by atoms with Gasteiger partial charge in [-0.1, -0.05) is 0 Å². The minimum absolute atomic E-state index is 0.300. The lowest BCUT2D eigenvalue weighted by Gasteiger charge is -2.01. The van der Waals surface area contributed by atoms with E-state index in [1.807, 2.05) is 6.92 Å². The van der Waals surface area contributed by atoms with Gasteiger partial charge in [0.1, 0.15) is 16.0 Å². The molecule has 1 rings (SSSR count). The molecule has 6 heteroatoms. The van der Waals surface area contributed by atoms with Gasteiger partial charge in [-0.25, -0.2) is 9.48 Å². The van der Waals surface area contributed by atoms with Gasteiger partial charge in [0, 0.05) is 6.54 Å². The molecule has 1 aromatic heterocycles. The van der Waals surface area contributed by atoms with Crippen LogP contribution >= 0.6 is 15.9 Å². The van der Waals surface area contributed by atoms with E-state index in [4.69, 9.17) is 10.5 Å². The molecule has 0 aliphatic heterocycles. The molecular formula is C8H12BrN3O2. The highest BCUT2D eigenvalue weighted by atomic mass is 79.9. The number of aromatic nitrogens is 2. The molecule has 0 aliphatic rings. The van der Waals surface area contributed by atoms with E-state index in [-0.39, 0.29) is 0 Å². The van der Waals surface area contributed by atoms with Gasteiger partial charge in [0.15, 0.2) is 0 Å². The summed E-state index contributed by atoms with van der Waals surface area (Å²) in [4.78, 5) is 11.4. The van der Waals surface area contributed by atoms with E-state index in [1.54, 1.807) is 6.92 Å². The molecule has 0 unspecified atom stereocenters. The fourth-order valence-electron chi connectivity index (χ4n) is 1.08. The van der Waals surface area contributed by atoms with Gasteiger partial charge in [0.25, 0.3) is 0 Å². The van der Waals surface area contributed by atoms with Gasteiger partial charge in [0.05, 0.1) is 6.61 Å². The number of ether oxygens (including phenoxy) is 1. The quantitative estimate of drug-likeness (QED) is 0.836. The van der Waals surface area contributed by atoms with E-state index in [0.717, 1.165) is 0 Å². The molecule has 0 fully saturated rings. The molecule has 14 heavy (non-hydrogen) atoms. The number of esters is 1. The Morgan fingerprint density at radius 3 is 2.71 bits per heavy atom. The molecule has 0 saturated carbocycles. The molecule has 1 aromatic rings. The fourth-order valence-corrected chi connectivity index (χ4v) is 1.63. The highest BCUT2D eigenvalue weighted by Crippen LogP contribution is 2.22. The van der Waals surface area contributed by atoms with Crippen molar-refractivity contribution in [3.05, 3.63) is 10.2 Å². The van der Waals surface area contributed by atoms with Gasteiger partial charge >= 0.3 is 5.97 Å². The van der Waals surface area contributed by atoms with Crippen molar-refractivity contribution in [3.63, 3.8) is 0 Å². The number of nitrogens with two attached hydrogens (primary N) is 1. The number of hydrogen-bond donors (Lipinski definition) is 1. The summed E-state index contributed by atoms with van der Waals surface area (Å²) in [6, 6.07) is 0. The minimum Gasteiger partial charge on any atom is -0.462 e. The van der Waals surface area contributed by atoms with E-state index in [2.05, 4.69) is 21.0 Å². The zero-order chi connectivity index (χ0) is 10.7. The van der Waals surface area contributed by atoms with Crippen LogP contribution in [0.3, 0.4) is 0 Å². The molecule has 1 heterocycles. The van der Waals surface area contributed by atoms with Crippen molar-refractivity contribution in [3.8, 4) is 0 Å². The third-order valence-electron chi connectivity index (χ3n) is 1.73. The van der Waals surface area contributed by atoms with E-state index in [1.165, 1.54) is 4.68 Å². The Bertz CT molecular complexity index is 349. The zero-order valence-corrected chi connectivity index (χ0v) is 9.67. The normalized spacial score (nSPS) is 10.2. The first kappa shape index (κ1) is 11.0. The van der Waals surface area contributed by atoms with Crippen LogP contribution in [0.4, 0.5) is 5.82 Å². The topological polar surface area (TPSA) is 70.1 Å². The second kappa shape index (κ2) is 4.45. The van der Waals surface area contributed by atoms with Crippen LogP contribution in [0.25, 0.3) is 0 Å². The lowest BCUT2D eigenvalue weighted by Crippen LogP contribution is -2.09. The average Bonchev–Trinajstić information content (AvgIpc) is 2.41. The average molecular weight is 262 g/mol. The second-order valence-electron chi connectivity index (χ2n) is 2.59. The van der Waals surface area contributed by atoms with E-state index in [9.17, 15) is 4.79 Å². The number of aryl methyl sites for hydroxylation is 1. The number of carbonyl (C=O) groups is 1. The van der Waals surface area contributed by atoms with Gasteiger partial charge in [-0.05, 0) is 29.8 Å². The zero-order valence-electron chi connectivity index (χ0n) is 8.08. The Balaban J connectivity index is 3.07. The van der Waals surface area contributed by atoms with Crippen LogP contribution in [-0.4, -0.2) is 22.4 Å². The van der Waals surface area contributed by atoms with Crippen LogP contribution in [0.1, 0.15) is 24.2 Å². The molecule has 0 spiro atoms. The van der Waals surface area contributed by atoms with Crippen LogP contribution in [0, 0.1) is 0 Å². The van der Waals surface area contributed by atoms with Gasteiger partial charge in [-0.3, -0.25) is 0 Å². The third kappa shape index (κ3) is 1.89. The van der Waals surface area contributed by atoms with Gasteiger partial charge in [-0.15, -0.1) is 0 Å². The van der Waals surface area contributed by atoms with Crippen molar-refractivity contribution in [2.24, 2.45) is 0 Å². The number of hydrogen-bond acceptors (Lipinski definition) is 4. The van der Waals surface area contributed by atoms with Crippen molar-refractivity contribution in [1.29, 1.82) is 0 Å². The van der Waals surface area contributed by atoms with Crippen molar-refractivity contribution < 1.29 is 9.53 Å². The summed E-state index contributed by atoms with van der Waals surface area (Å²) < 4.78 is 6.81. The summed E-state index contributed by atoms with van der Waals surface area (Å²) in [6.45, 7) is 4.57. The molecule has 0 bridgehead atoms. The summed E-state index contributed by atoms with van der Waals surface area (Å²) >= 11 is 3.17. The summed E-state index contributed by atoms with van der Waals surface area (Å²) in [5.74, 6) is -0.116. The van der Waals surface area contributed by atoms with Crippen LogP contribution in [0.2, 0.25) is 0 Å². The summed E-state index contributed by atoms with van der Waals surface area (Å²) in [7, 11) is 0. The number of rotatable bonds is 3. The van der Waals surface area contributed by atoms with Gasteiger partial charge < -0.3 is 10.5 Å². The summed E-state index contributed by atoms with van der Waals surface area (Å²) in [6.07, 6.45) is 0. The monoisotopic (exact) mass is 261 g/mol. The van der Waals surface area contributed by atoms with E-state index in [0.29, 0.717) is 29.1 Å². The van der Waals surface area contributed by atoms with Crippen molar-refractivity contribution >= 4 is 27.7 Å². The number of carbonyl (C=O) groups excluding carboxylic acids is 1. The molecule has 0 saturated heterocycles. The number of halogens is 1. The smallest absolute Gasteiger partial charge is 0.344 e. The largest absolute Gasteiger partial charge is 0.462 e. The molecule has 0 atom stereocenters. The van der Waals surface area contributed by atoms with Crippen LogP contribution in [0.5, 0.6) is 0 Å². The number of nitrogens with zero attached hydrogens (tertiary/aromatic N) is 2. The number of nitrogen functional groups attached to an aromatic ring is 1. The predicted octanol–water partition coefficient (Wildman–Crippen LogP) is 1.42. The Labute approximate surface area is 90.3 Å². The first-order chi connectivity index (χ1) is 6.61. The molecule has 2 N–H and O–H groups in total. The highest BCUT2D eigenvalue weighted by Gasteiger charge is 2.20. The van der Waals surface area contributed by atoms with Crippen molar-refractivity contribution in [2.45, 2.75) is 20.4 Å². The van der Waals surface area contributed by atoms with Gasteiger partial charge in [0.2, 0.25) is 0 Å². The molecule has 0 radical (unpaired) electrons. The first-order valence-corrected chi connectivity index (χ1v) is 5.10. The van der Waals surface area contributed by atoms with E-state index >= 15 is 0 Å². The van der Waals surface area contributed by atoms with Crippen molar-refractivity contribution in [2.75, 3.05) is 12.3 Å². The Kier molecular flexibility index (Phi) is 3.51. The molecule has 0 aromatic carbocycles. The predicted molar refractivity (Wildman–Crippen MR) is 56.0 cm³/mol. The highest BCUT2D eigenvalue weighted by molar-refractivity contribution is 9.10. The van der Waals surface area contributed by atoms with Crippen LogP contribution in [-0.2, 0) is 11.3 Å². The minimum atomic E-state index is -0.448. The molecule has 0 aliphatic carbocycles. The van der Waals surface area contributed by atoms with Crippen LogP contribution in [0.15, 0.2) is 4.60 Å².